The molecule has 1 aliphatic heterocycles. The van der Waals surface area contributed by atoms with Crippen LogP contribution < -0.4 is 5.32 Å². The summed E-state index contributed by atoms with van der Waals surface area (Å²) in [5.74, 6) is 0.301. The number of hydrogen-bond donors (Lipinski definition) is 1. The normalized spacial score (nSPS) is 27.6. The van der Waals surface area contributed by atoms with E-state index in [1.807, 2.05) is 12.1 Å². The molecule has 2 aliphatic rings. The molecule has 2 atom stereocenters. The number of hydrogen-bond acceptors (Lipinski definition) is 2. The topological polar surface area (TPSA) is 49.4 Å². The van der Waals surface area contributed by atoms with Gasteiger partial charge in [-0.15, -0.1) is 0 Å². The lowest BCUT2D eigenvalue weighted by Gasteiger charge is -2.44. The Morgan fingerprint density at radius 2 is 2.00 bits per heavy atom. The summed E-state index contributed by atoms with van der Waals surface area (Å²) in [5.41, 5.74) is 1.88. The highest BCUT2D eigenvalue weighted by Gasteiger charge is 2.44. The minimum Gasteiger partial charge on any atom is -0.340 e. The van der Waals surface area contributed by atoms with E-state index in [0.29, 0.717) is 12.5 Å². The van der Waals surface area contributed by atoms with Crippen molar-refractivity contribution in [3.05, 3.63) is 35.4 Å². The summed E-state index contributed by atoms with van der Waals surface area (Å²) >= 11 is 0. The molecule has 2 amide bonds. The molecule has 4 nitrogen and oxygen atoms in total. The smallest absolute Gasteiger partial charge is 0.248 e. The van der Waals surface area contributed by atoms with Gasteiger partial charge < -0.3 is 10.2 Å². The fraction of sp³-hybridized carbons (Fsp3) is 0.500. The molecular weight excluding hydrogens is 252 g/mol. The van der Waals surface area contributed by atoms with Crippen molar-refractivity contribution in [3.63, 3.8) is 0 Å². The van der Waals surface area contributed by atoms with Gasteiger partial charge in [0.05, 0.1) is 0 Å². The van der Waals surface area contributed by atoms with Crippen molar-refractivity contribution in [2.45, 2.75) is 44.7 Å². The predicted octanol–water partition coefficient (Wildman–Crippen LogP) is 1.45. The molecule has 1 fully saturated rings. The number of rotatable bonds is 2. The van der Waals surface area contributed by atoms with Gasteiger partial charge in [0.1, 0.15) is 11.6 Å². The number of amides is 2. The molecule has 1 heterocycles. The number of carbonyl (C=O) groups excluding carboxylic acids is 2. The summed E-state index contributed by atoms with van der Waals surface area (Å²) in [6, 6.07) is 7.93. The average Bonchev–Trinajstić information content (AvgIpc) is 2.37. The molecule has 0 bridgehead atoms. The van der Waals surface area contributed by atoms with Crippen LogP contribution in [0.15, 0.2) is 24.3 Å². The van der Waals surface area contributed by atoms with Gasteiger partial charge >= 0.3 is 0 Å². The third-order valence-corrected chi connectivity index (χ3v) is 4.46. The number of piperazine rings is 1. The fourth-order valence-electron chi connectivity index (χ4n) is 3.15. The average molecular weight is 272 g/mol. The molecule has 4 heteroatoms. The molecule has 1 aromatic carbocycles. The lowest BCUT2D eigenvalue weighted by molar-refractivity contribution is -0.153. The molecule has 0 radical (unpaired) electrons. The summed E-state index contributed by atoms with van der Waals surface area (Å²) in [6.45, 7) is 5.96. The fourth-order valence-corrected chi connectivity index (χ4v) is 3.15. The van der Waals surface area contributed by atoms with Crippen molar-refractivity contribution in [1.82, 2.24) is 10.2 Å². The summed E-state index contributed by atoms with van der Waals surface area (Å²) in [4.78, 5) is 26.2. The van der Waals surface area contributed by atoms with Crippen LogP contribution >= 0.6 is 0 Å². The number of fused-ring (bicyclic) bond motifs is 1. The first-order chi connectivity index (χ1) is 9.40. The zero-order chi connectivity index (χ0) is 14.5. The van der Waals surface area contributed by atoms with Crippen molar-refractivity contribution < 1.29 is 9.59 Å². The van der Waals surface area contributed by atoms with Crippen molar-refractivity contribution >= 4 is 11.8 Å². The first-order valence-corrected chi connectivity index (χ1v) is 7.11. The maximum Gasteiger partial charge on any atom is 0.248 e. The van der Waals surface area contributed by atoms with Gasteiger partial charge in [-0.05, 0) is 38.3 Å². The van der Waals surface area contributed by atoms with E-state index in [4.69, 9.17) is 0 Å². The van der Waals surface area contributed by atoms with E-state index >= 15 is 0 Å². The van der Waals surface area contributed by atoms with Gasteiger partial charge in [0.25, 0.3) is 0 Å². The number of carbonyl (C=O) groups is 2. The van der Waals surface area contributed by atoms with Gasteiger partial charge in [-0.3, -0.25) is 9.59 Å². The summed E-state index contributed by atoms with van der Waals surface area (Å²) in [7, 11) is 0. The van der Waals surface area contributed by atoms with Gasteiger partial charge in [-0.1, -0.05) is 24.3 Å². The Morgan fingerprint density at radius 3 is 2.70 bits per heavy atom. The SMILES string of the molecule is CC1C(=O)NC(C)(C)C(=O)N1CC1Cc2ccccc21. The molecule has 1 N–H and O–H groups in total. The Balaban J connectivity index is 1.80. The Hall–Kier alpha value is -1.84. The van der Waals surface area contributed by atoms with Crippen LogP contribution in [0.4, 0.5) is 0 Å². The minimum atomic E-state index is -0.799. The summed E-state index contributed by atoms with van der Waals surface area (Å²) in [6.07, 6.45) is 0.995. The molecule has 1 saturated heterocycles. The maximum absolute atomic E-state index is 12.5. The molecule has 0 spiro atoms. The van der Waals surface area contributed by atoms with Gasteiger partial charge in [0, 0.05) is 12.5 Å². The third-order valence-electron chi connectivity index (χ3n) is 4.46. The molecule has 0 saturated carbocycles. The highest BCUT2D eigenvalue weighted by Crippen LogP contribution is 2.36. The maximum atomic E-state index is 12.5. The predicted molar refractivity (Wildman–Crippen MR) is 76.3 cm³/mol. The number of nitrogens with one attached hydrogen (secondary N) is 1. The molecule has 3 rings (SSSR count). The van der Waals surface area contributed by atoms with Crippen LogP contribution in [-0.2, 0) is 16.0 Å². The molecule has 20 heavy (non-hydrogen) atoms. The third kappa shape index (κ3) is 1.90. The highest BCUT2D eigenvalue weighted by molar-refractivity contribution is 5.99. The van der Waals surface area contributed by atoms with E-state index in [1.54, 1.807) is 25.7 Å². The van der Waals surface area contributed by atoms with Crippen LogP contribution in [0.3, 0.4) is 0 Å². The van der Waals surface area contributed by atoms with E-state index < -0.39 is 5.54 Å². The zero-order valence-electron chi connectivity index (χ0n) is 12.1. The zero-order valence-corrected chi connectivity index (χ0v) is 12.1. The van der Waals surface area contributed by atoms with Crippen LogP contribution in [0.5, 0.6) is 0 Å². The van der Waals surface area contributed by atoms with Crippen molar-refractivity contribution in [2.75, 3.05) is 6.54 Å². The Kier molecular flexibility index (Phi) is 2.85. The van der Waals surface area contributed by atoms with Crippen molar-refractivity contribution in [2.24, 2.45) is 0 Å². The van der Waals surface area contributed by atoms with E-state index in [2.05, 4.69) is 17.4 Å². The number of nitrogens with zero attached hydrogens (tertiary/aromatic N) is 1. The van der Waals surface area contributed by atoms with Gasteiger partial charge in [0.2, 0.25) is 11.8 Å². The van der Waals surface area contributed by atoms with E-state index in [9.17, 15) is 9.59 Å². The molecule has 1 aromatic rings. The minimum absolute atomic E-state index is 0.00832. The quantitative estimate of drug-likeness (QED) is 0.886. The second kappa shape index (κ2) is 4.33. The summed E-state index contributed by atoms with van der Waals surface area (Å²) in [5, 5.41) is 2.78. The molecule has 1 aliphatic carbocycles. The van der Waals surface area contributed by atoms with Crippen molar-refractivity contribution in [3.8, 4) is 0 Å². The summed E-state index contributed by atoms with van der Waals surface area (Å²) < 4.78 is 0. The van der Waals surface area contributed by atoms with Crippen molar-refractivity contribution in [1.29, 1.82) is 0 Å². The second-order valence-electron chi connectivity index (χ2n) is 6.35. The first kappa shape index (κ1) is 13.2. The molecule has 106 valence electrons. The van der Waals surface area contributed by atoms with E-state index in [1.165, 1.54) is 11.1 Å². The van der Waals surface area contributed by atoms with Crippen LogP contribution in [0.2, 0.25) is 0 Å². The Bertz CT molecular complexity index is 580. The number of benzene rings is 1. The van der Waals surface area contributed by atoms with Crippen LogP contribution in [0.25, 0.3) is 0 Å². The lowest BCUT2D eigenvalue weighted by Crippen LogP contribution is -2.67. The molecule has 0 aromatic heterocycles. The Morgan fingerprint density at radius 1 is 1.30 bits per heavy atom. The first-order valence-electron chi connectivity index (χ1n) is 7.11. The van der Waals surface area contributed by atoms with Crippen LogP contribution in [-0.4, -0.2) is 34.8 Å². The van der Waals surface area contributed by atoms with Gasteiger partial charge in [-0.2, -0.15) is 0 Å². The Labute approximate surface area is 119 Å². The lowest BCUT2D eigenvalue weighted by atomic mass is 9.77. The van der Waals surface area contributed by atoms with Crippen LogP contribution in [0.1, 0.15) is 37.8 Å². The van der Waals surface area contributed by atoms with Crippen LogP contribution in [0, 0.1) is 0 Å². The monoisotopic (exact) mass is 272 g/mol. The second-order valence-corrected chi connectivity index (χ2v) is 6.35. The largest absolute Gasteiger partial charge is 0.340 e. The van der Waals surface area contributed by atoms with Gasteiger partial charge in [-0.25, -0.2) is 0 Å². The standard InChI is InChI=1S/C16H20N2O2/c1-10-14(19)17-16(2,3)15(20)18(10)9-12-8-11-6-4-5-7-13(11)12/h4-7,10,12H,8-9H2,1-3H3,(H,17,19). The molecular formula is C16H20N2O2. The van der Waals surface area contributed by atoms with Gasteiger partial charge in [0.15, 0.2) is 0 Å². The van der Waals surface area contributed by atoms with E-state index in [-0.39, 0.29) is 17.9 Å². The highest BCUT2D eigenvalue weighted by atomic mass is 16.2. The molecule has 2 unspecified atom stereocenters. The van der Waals surface area contributed by atoms with E-state index in [0.717, 1.165) is 6.42 Å².